The molecule has 0 bridgehead atoms. The van der Waals surface area contributed by atoms with Crippen LogP contribution >= 0.6 is 34.8 Å². The number of hydrogen-bond donors (Lipinski definition) is 1. The van der Waals surface area contributed by atoms with Crippen LogP contribution in [0.3, 0.4) is 0 Å². The Morgan fingerprint density at radius 2 is 1.48 bits per heavy atom. The molecule has 0 aliphatic heterocycles. The molecule has 0 aromatic heterocycles. The van der Waals surface area contributed by atoms with Crippen LogP contribution in [0.1, 0.15) is 5.56 Å². The number of hydrogen-bond acceptors (Lipinski definition) is 3. The predicted molar refractivity (Wildman–Crippen MR) is 94.0 cm³/mol. The van der Waals surface area contributed by atoms with Crippen molar-refractivity contribution in [1.29, 1.82) is 0 Å². The summed E-state index contributed by atoms with van der Waals surface area (Å²) in [6.07, 6.45) is 0. The lowest BCUT2D eigenvalue weighted by molar-refractivity contribution is -0.113. The van der Waals surface area contributed by atoms with Crippen molar-refractivity contribution >= 4 is 56.2 Å². The van der Waals surface area contributed by atoms with Gasteiger partial charge in [0.15, 0.2) is 9.84 Å². The fourth-order valence-electron chi connectivity index (χ4n) is 1.91. The van der Waals surface area contributed by atoms with E-state index in [1.807, 2.05) is 0 Å². The molecule has 4 nitrogen and oxygen atoms in total. The van der Waals surface area contributed by atoms with E-state index in [1.165, 1.54) is 18.2 Å². The Hall–Kier alpha value is -1.27. The van der Waals surface area contributed by atoms with Gasteiger partial charge in [0.1, 0.15) is 5.75 Å². The molecule has 0 saturated heterocycles. The van der Waals surface area contributed by atoms with Crippen LogP contribution in [0.5, 0.6) is 0 Å². The minimum atomic E-state index is -3.61. The number of nitrogens with one attached hydrogen (secondary N) is 1. The molecule has 0 atom stereocenters. The Kier molecular flexibility index (Phi) is 5.92. The summed E-state index contributed by atoms with van der Waals surface area (Å²) < 4.78 is 24.1. The Labute approximate surface area is 149 Å². The summed E-state index contributed by atoms with van der Waals surface area (Å²) in [7, 11) is -3.61. The average Bonchev–Trinajstić information content (AvgIpc) is 2.39. The third-order valence-electron chi connectivity index (χ3n) is 2.80. The molecule has 0 radical (unpaired) electrons. The van der Waals surface area contributed by atoms with Gasteiger partial charge in [-0.15, -0.1) is 0 Å². The SMILES string of the molecule is O=C(CS(=O)(=O)Cc1ccc(Cl)cc1)Nc1cc(Cl)cc(Cl)c1. The summed E-state index contributed by atoms with van der Waals surface area (Å²) in [5.74, 6) is -1.54. The highest BCUT2D eigenvalue weighted by atomic mass is 35.5. The summed E-state index contributed by atoms with van der Waals surface area (Å²) in [5, 5.41) is 3.67. The number of carbonyl (C=O) groups excluding carboxylic acids is 1. The minimum absolute atomic E-state index is 0.242. The Bertz CT molecular complexity index is 800. The minimum Gasteiger partial charge on any atom is -0.325 e. The highest BCUT2D eigenvalue weighted by Gasteiger charge is 2.18. The summed E-state index contributed by atoms with van der Waals surface area (Å²) in [5.41, 5.74) is 0.905. The van der Waals surface area contributed by atoms with Crippen LogP contribution in [0.25, 0.3) is 0 Å². The molecule has 0 aliphatic rings. The smallest absolute Gasteiger partial charge is 0.239 e. The first kappa shape index (κ1) is 18.1. The van der Waals surface area contributed by atoms with Gasteiger partial charge in [0, 0.05) is 20.8 Å². The van der Waals surface area contributed by atoms with Gasteiger partial charge in [0.2, 0.25) is 5.91 Å². The Morgan fingerprint density at radius 3 is 2.04 bits per heavy atom. The molecular weight excluding hydrogens is 381 g/mol. The number of amides is 1. The van der Waals surface area contributed by atoms with Gasteiger partial charge < -0.3 is 5.32 Å². The lowest BCUT2D eigenvalue weighted by Gasteiger charge is -2.07. The first-order valence-corrected chi connectivity index (χ1v) is 9.40. The number of halogens is 3. The molecule has 0 fully saturated rings. The zero-order valence-electron chi connectivity index (χ0n) is 11.7. The van der Waals surface area contributed by atoms with Gasteiger partial charge in [-0.3, -0.25) is 4.79 Å². The van der Waals surface area contributed by atoms with E-state index in [0.717, 1.165) is 0 Å². The summed E-state index contributed by atoms with van der Waals surface area (Å²) in [4.78, 5) is 11.9. The maximum absolute atomic E-state index is 12.1. The van der Waals surface area contributed by atoms with Gasteiger partial charge in [-0.2, -0.15) is 0 Å². The van der Waals surface area contributed by atoms with Crippen molar-refractivity contribution in [3.8, 4) is 0 Å². The lowest BCUT2D eigenvalue weighted by atomic mass is 10.2. The van der Waals surface area contributed by atoms with Crippen molar-refractivity contribution in [2.75, 3.05) is 11.1 Å². The number of anilines is 1. The second kappa shape index (κ2) is 7.53. The van der Waals surface area contributed by atoms with Crippen LogP contribution in [0.15, 0.2) is 42.5 Å². The monoisotopic (exact) mass is 391 g/mol. The molecule has 2 rings (SSSR count). The standard InChI is InChI=1S/C15H12Cl3NO3S/c16-11-3-1-10(2-4-11)8-23(21,22)9-15(20)19-14-6-12(17)5-13(18)7-14/h1-7H,8-9H2,(H,19,20). The topological polar surface area (TPSA) is 63.2 Å². The van der Waals surface area contributed by atoms with E-state index in [-0.39, 0.29) is 5.75 Å². The van der Waals surface area contributed by atoms with Gasteiger partial charge in [0.25, 0.3) is 0 Å². The van der Waals surface area contributed by atoms with Gasteiger partial charge in [-0.1, -0.05) is 46.9 Å². The summed E-state index contributed by atoms with van der Waals surface area (Å²) in [6.45, 7) is 0. The van der Waals surface area contributed by atoms with Crippen molar-refractivity contribution in [1.82, 2.24) is 0 Å². The van der Waals surface area contributed by atoms with Crippen LogP contribution in [-0.2, 0) is 20.4 Å². The molecule has 0 saturated carbocycles. The molecule has 0 heterocycles. The van der Waals surface area contributed by atoms with E-state index in [9.17, 15) is 13.2 Å². The van der Waals surface area contributed by atoms with E-state index in [2.05, 4.69) is 5.32 Å². The fraction of sp³-hybridized carbons (Fsp3) is 0.133. The van der Waals surface area contributed by atoms with Crippen molar-refractivity contribution < 1.29 is 13.2 Å². The van der Waals surface area contributed by atoms with Crippen molar-refractivity contribution in [2.24, 2.45) is 0 Å². The van der Waals surface area contributed by atoms with E-state index >= 15 is 0 Å². The van der Waals surface area contributed by atoms with E-state index in [0.29, 0.717) is 26.3 Å². The number of sulfone groups is 1. The first-order valence-electron chi connectivity index (χ1n) is 6.44. The third kappa shape index (κ3) is 6.03. The first-order chi connectivity index (χ1) is 10.7. The third-order valence-corrected chi connectivity index (χ3v) is 4.96. The van der Waals surface area contributed by atoms with Crippen LogP contribution < -0.4 is 5.32 Å². The molecule has 0 spiro atoms. The zero-order valence-corrected chi connectivity index (χ0v) is 14.8. The van der Waals surface area contributed by atoms with E-state index in [4.69, 9.17) is 34.8 Å². The summed E-state index contributed by atoms with van der Waals surface area (Å²) >= 11 is 17.4. The van der Waals surface area contributed by atoms with Crippen molar-refractivity contribution in [2.45, 2.75) is 5.75 Å². The quantitative estimate of drug-likeness (QED) is 0.829. The number of rotatable bonds is 5. The van der Waals surface area contributed by atoms with Gasteiger partial charge in [0.05, 0.1) is 5.75 Å². The molecule has 2 aromatic carbocycles. The predicted octanol–water partition coefficient (Wildman–Crippen LogP) is 4.20. The molecule has 0 aliphatic carbocycles. The van der Waals surface area contributed by atoms with E-state index < -0.39 is 21.5 Å². The average molecular weight is 393 g/mol. The Morgan fingerprint density at radius 1 is 0.913 bits per heavy atom. The van der Waals surface area contributed by atoms with E-state index in [1.54, 1.807) is 24.3 Å². The maximum Gasteiger partial charge on any atom is 0.239 e. The van der Waals surface area contributed by atoms with Gasteiger partial charge >= 0.3 is 0 Å². The highest BCUT2D eigenvalue weighted by molar-refractivity contribution is 7.91. The molecular formula is C15H12Cl3NO3S. The van der Waals surface area contributed by atoms with Crippen LogP contribution in [0, 0.1) is 0 Å². The van der Waals surface area contributed by atoms with Crippen molar-refractivity contribution in [3.63, 3.8) is 0 Å². The second-order valence-corrected chi connectivity index (χ2v) is 8.24. The molecule has 1 amide bonds. The maximum atomic E-state index is 12.1. The van der Waals surface area contributed by atoms with Crippen LogP contribution in [0.4, 0.5) is 5.69 Å². The molecule has 122 valence electrons. The largest absolute Gasteiger partial charge is 0.325 e. The molecule has 0 unspecified atom stereocenters. The molecule has 1 N–H and O–H groups in total. The molecule has 23 heavy (non-hydrogen) atoms. The van der Waals surface area contributed by atoms with Crippen molar-refractivity contribution in [3.05, 3.63) is 63.1 Å². The zero-order chi connectivity index (χ0) is 17.0. The van der Waals surface area contributed by atoms with Crippen LogP contribution in [0.2, 0.25) is 15.1 Å². The Balaban J connectivity index is 2.01. The normalized spacial score (nSPS) is 11.3. The van der Waals surface area contributed by atoms with Gasteiger partial charge in [-0.25, -0.2) is 8.42 Å². The summed E-state index contributed by atoms with van der Waals surface area (Å²) in [6, 6.07) is 10.9. The highest BCUT2D eigenvalue weighted by Crippen LogP contribution is 2.22. The molecule has 8 heteroatoms. The fourth-order valence-corrected chi connectivity index (χ4v) is 3.83. The second-order valence-electron chi connectivity index (χ2n) is 4.87. The van der Waals surface area contributed by atoms with Crippen LogP contribution in [-0.4, -0.2) is 20.1 Å². The molecule has 2 aromatic rings. The number of benzene rings is 2. The van der Waals surface area contributed by atoms with Gasteiger partial charge in [-0.05, 0) is 35.9 Å². The number of carbonyl (C=O) groups is 1. The lowest BCUT2D eigenvalue weighted by Crippen LogP contribution is -2.23.